The number of amides is 1. The second kappa shape index (κ2) is 10.3. The van der Waals surface area contributed by atoms with Gasteiger partial charge in [-0.2, -0.15) is 0 Å². The van der Waals surface area contributed by atoms with E-state index in [0.717, 1.165) is 40.7 Å². The number of nitrogens with zero attached hydrogens (tertiary/aromatic N) is 3. The highest BCUT2D eigenvalue weighted by Crippen LogP contribution is 2.41. The minimum Gasteiger partial charge on any atom is -0.507 e. The number of ketones is 1. The number of aromatic nitrogens is 1. The maximum Gasteiger partial charge on any atom is 0.295 e. The number of benzene rings is 3. The lowest BCUT2D eigenvalue weighted by atomic mass is 9.94. The molecule has 37 heavy (non-hydrogen) atoms. The molecule has 0 bridgehead atoms. The zero-order valence-corrected chi connectivity index (χ0v) is 21.0. The number of aliphatic hydroxyl groups excluding tert-OH is 1. The Balaban J connectivity index is 1.63. The Bertz CT molecular complexity index is 1470. The smallest absolute Gasteiger partial charge is 0.295 e. The van der Waals surface area contributed by atoms with Gasteiger partial charge in [0.1, 0.15) is 5.76 Å². The standard InChI is InChI=1S/C31H29N3O3/c1-3-33(4-2)26-15-13-23(14-16-26)28-27(29(35)25-12-11-22-9-5-6-10-24(22)18-25)30(36)31(37)34(28)20-21-8-7-17-32-19-21/h5-19,28,35H,3-4,20H2,1-2H3/b29-27-. The third-order valence-corrected chi connectivity index (χ3v) is 6.98. The average molecular weight is 492 g/mol. The molecular formula is C31H29N3O3. The highest BCUT2D eigenvalue weighted by molar-refractivity contribution is 6.46. The van der Waals surface area contributed by atoms with Crippen molar-refractivity contribution in [3.8, 4) is 0 Å². The zero-order chi connectivity index (χ0) is 25.9. The number of anilines is 1. The van der Waals surface area contributed by atoms with Crippen molar-refractivity contribution in [1.29, 1.82) is 0 Å². The first kappa shape index (κ1) is 24.3. The number of likely N-dealkylation sites (tertiary alicyclic amines) is 1. The van der Waals surface area contributed by atoms with E-state index >= 15 is 0 Å². The van der Waals surface area contributed by atoms with Gasteiger partial charge < -0.3 is 14.9 Å². The van der Waals surface area contributed by atoms with Gasteiger partial charge >= 0.3 is 0 Å². The second-order valence-corrected chi connectivity index (χ2v) is 9.11. The topological polar surface area (TPSA) is 73.7 Å². The number of aliphatic hydroxyl groups is 1. The Morgan fingerprint density at radius 2 is 1.65 bits per heavy atom. The summed E-state index contributed by atoms with van der Waals surface area (Å²) in [5.74, 6) is -1.49. The van der Waals surface area contributed by atoms with E-state index in [1.165, 1.54) is 4.90 Å². The van der Waals surface area contributed by atoms with E-state index in [4.69, 9.17) is 0 Å². The van der Waals surface area contributed by atoms with Gasteiger partial charge in [0.15, 0.2) is 0 Å². The maximum absolute atomic E-state index is 13.4. The van der Waals surface area contributed by atoms with E-state index in [0.29, 0.717) is 5.56 Å². The van der Waals surface area contributed by atoms with Crippen molar-refractivity contribution >= 4 is 33.9 Å². The second-order valence-electron chi connectivity index (χ2n) is 9.11. The van der Waals surface area contributed by atoms with E-state index < -0.39 is 17.7 Å². The highest BCUT2D eigenvalue weighted by Gasteiger charge is 2.46. The van der Waals surface area contributed by atoms with Crippen molar-refractivity contribution in [3.05, 3.63) is 114 Å². The quantitative estimate of drug-likeness (QED) is 0.204. The molecule has 2 heterocycles. The fourth-order valence-electron chi connectivity index (χ4n) is 5.03. The van der Waals surface area contributed by atoms with Crippen LogP contribution in [-0.2, 0) is 16.1 Å². The van der Waals surface area contributed by atoms with Crippen LogP contribution < -0.4 is 4.90 Å². The number of rotatable bonds is 7. The number of pyridine rings is 1. The van der Waals surface area contributed by atoms with Crippen LogP contribution in [0.25, 0.3) is 16.5 Å². The van der Waals surface area contributed by atoms with Crippen LogP contribution in [0.4, 0.5) is 5.69 Å². The molecule has 1 amide bonds. The molecule has 0 radical (unpaired) electrons. The monoisotopic (exact) mass is 491 g/mol. The summed E-state index contributed by atoms with van der Waals surface area (Å²) in [5.41, 5.74) is 3.23. The normalized spacial score (nSPS) is 16.9. The van der Waals surface area contributed by atoms with E-state index in [2.05, 4.69) is 23.7 Å². The first-order chi connectivity index (χ1) is 18.0. The molecule has 6 heteroatoms. The average Bonchev–Trinajstić information content (AvgIpc) is 3.19. The summed E-state index contributed by atoms with van der Waals surface area (Å²) >= 11 is 0. The lowest BCUT2D eigenvalue weighted by Gasteiger charge is -2.26. The summed E-state index contributed by atoms with van der Waals surface area (Å²) in [6, 6.07) is 24.2. The molecule has 1 N–H and O–H groups in total. The third kappa shape index (κ3) is 4.58. The fourth-order valence-corrected chi connectivity index (χ4v) is 5.03. The van der Waals surface area contributed by atoms with Crippen LogP contribution in [0, 0.1) is 0 Å². The van der Waals surface area contributed by atoms with Crippen molar-refractivity contribution < 1.29 is 14.7 Å². The summed E-state index contributed by atoms with van der Waals surface area (Å²) in [4.78, 5) is 34.6. The molecule has 1 aliphatic heterocycles. The Morgan fingerprint density at radius 1 is 0.919 bits per heavy atom. The molecule has 5 rings (SSSR count). The van der Waals surface area contributed by atoms with Gasteiger partial charge in [-0.3, -0.25) is 14.6 Å². The third-order valence-electron chi connectivity index (χ3n) is 6.98. The molecule has 0 saturated carbocycles. The number of carbonyl (C=O) groups is 2. The lowest BCUT2D eigenvalue weighted by molar-refractivity contribution is -0.140. The van der Waals surface area contributed by atoms with Crippen molar-refractivity contribution in [1.82, 2.24) is 9.88 Å². The van der Waals surface area contributed by atoms with Gasteiger partial charge in [-0.15, -0.1) is 0 Å². The zero-order valence-electron chi connectivity index (χ0n) is 21.0. The van der Waals surface area contributed by atoms with Gasteiger partial charge in [0.25, 0.3) is 11.7 Å². The molecule has 1 aliphatic rings. The van der Waals surface area contributed by atoms with Crippen molar-refractivity contribution in [2.75, 3.05) is 18.0 Å². The number of hydrogen-bond acceptors (Lipinski definition) is 5. The Labute approximate surface area is 216 Å². The minimum absolute atomic E-state index is 0.0970. The van der Waals surface area contributed by atoms with E-state index in [1.54, 1.807) is 24.5 Å². The van der Waals surface area contributed by atoms with Gasteiger partial charge in [0, 0.05) is 43.3 Å². The molecule has 1 aromatic heterocycles. The van der Waals surface area contributed by atoms with Crippen molar-refractivity contribution in [3.63, 3.8) is 0 Å². The van der Waals surface area contributed by atoms with Crippen LogP contribution in [0.3, 0.4) is 0 Å². The summed E-state index contributed by atoms with van der Waals surface area (Å²) in [6.07, 6.45) is 3.35. The van der Waals surface area contributed by atoms with E-state index in [1.807, 2.05) is 66.7 Å². The molecule has 3 aromatic carbocycles. The van der Waals surface area contributed by atoms with Gasteiger partial charge in [-0.05, 0) is 60.0 Å². The highest BCUT2D eigenvalue weighted by atomic mass is 16.3. The Hall–Kier alpha value is -4.45. The van der Waals surface area contributed by atoms with E-state index in [9.17, 15) is 14.7 Å². The van der Waals surface area contributed by atoms with Gasteiger partial charge in [0.2, 0.25) is 0 Å². The van der Waals surface area contributed by atoms with Crippen molar-refractivity contribution in [2.45, 2.75) is 26.4 Å². The number of carbonyl (C=O) groups excluding carboxylic acids is 2. The summed E-state index contributed by atoms with van der Waals surface area (Å²) < 4.78 is 0. The first-order valence-corrected chi connectivity index (χ1v) is 12.5. The first-order valence-electron chi connectivity index (χ1n) is 12.5. The number of hydrogen-bond donors (Lipinski definition) is 1. The predicted molar refractivity (Wildman–Crippen MR) is 146 cm³/mol. The number of fused-ring (bicyclic) bond motifs is 1. The minimum atomic E-state index is -0.725. The molecule has 1 fully saturated rings. The summed E-state index contributed by atoms with van der Waals surface area (Å²) in [7, 11) is 0. The Morgan fingerprint density at radius 3 is 2.32 bits per heavy atom. The molecule has 0 aliphatic carbocycles. The van der Waals surface area contributed by atoms with Crippen LogP contribution in [0.2, 0.25) is 0 Å². The molecule has 186 valence electrons. The maximum atomic E-state index is 13.4. The predicted octanol–water partition coefficient (Wildman–Crippen LogP) is 5.70. The molecule has 1 saturated heterocycles. The number of Topliss-reactive ketones (excluding diaryl/α,β-unsaturated/α-hetero) is 1. The summed E-state index contributed by atoms with van der Waals surface area (Å²) in [6.45, 7) is 6.15. The van der Waals surface area contributed by atoms with Gasteiger partial charge in [-0.1, -0.05) is 54.6 Å². The molecule has 4 aromatic rings. The molecule has 0 spiro atoms. The SMILES string of the molecule is CCN(CC)c1ccc(C2/C(=C(/O)c3ccc4ccccc4c3)C(=O)C(=O)N2Cc2cccnc2)cc1. The summed E-state index contributed by atoms with van der Waals surface area (Å²) in [5, 5.41) is 13.4. The van der Waals surface area contributed by atoms with Gasteiger partial charge in [0.05, 0.1) is 11.6 Å². The van der Waals surface area contributed by atoms with Crippen LogP contribution in [-0.4, -0.2) is 39.8 Å². The fraction of sp³-hybridized carbons (Fsp3) is 0.194. The molecule has 1 unspecified atom stereocenters. The van der Waals surface area contributed by atoms with Crippen LogP contribution >= 0.6 is 0 Å². The lowest BCUT2D eigenvalue weighted by Crippen LogP contribution is -2.29. The Kier molecular flexibility index (Phi) is 6.73. The molecule has 6 nitrogen and oxygen atoms in total. The molecule has 1 atom stereocenters. The van der Waals surface area contributed by atoms with Crippen LogP contribution in [0.15, 0.2) is 96.8 Å². The van der Waals surface area contributed by atoms with Crippen molar-refractivity contribution in [2.24, 2.45) is 0 Å². The largest absolute Gasteiger partial charge is 0.507 e. The molecular weight excluding hydrogens is 462 g/mol. The van der Waals surface area contributed by atoms with Gasteiger partial charge in [-0.25, -0.2) is 0 Å². The van der Waals surface area contributed by atoms with E-state index in [-0.39, 0.29) is 17.9 Å². The van der Waals surface area contributed by atoms with Crippen LogP contribution in [0.5, 0.6) is 0 Å². The van der Waals surface area contributed by atoms with Crippen LogP contribution in [0.1, 0.15) is 36.6 Å².